The molecule has 0 radical (unpaired) electrons. The summed E-state index contributed by atoms with van der Waals surface area (Å²) >= 11 is 0. The maximum atomic E-state index is 12.1. The van der Waals surface area contributed by atoms with Crippen molar-refractivity contribution in [2.45, 2.75) is 6.92 Å². The van der Waals surface area contributed by atoms with Crippen LogP contribution >= 0.6 is 0 Å². The van der Waals surface area contributed by atoms with Gasteiger partial charge < -0.3 is 9.84 Å². The van der Waals surface area contributed by atoms with E-state index < -0.39 is 5.97 Å². The second-order valence-corrected chi connectivity index (χ2v) is 6.07. The maximum absolute atomic E-state index is 12.1. The second-order valence-electron chi connectivity index (χ2n) is 6.07. The molecule has 0 unspecified atom stereocenters. The first-order valence-corrected chi connectivity index (χ1v) is 8.52. The lowest BCUT2D eigenvalue weighted by atomic mass is 10.1. The molecule has 6 nitrogen and oxygen atoms in total. The molecule has 28 heavy (non-hydrogen) atoms. The molecule has 6 heteroatoms. The van der Waals surface area contributed by atoms with Crippen LogP contribution in [0.2, 0.25) is 0 Å². The van der Waals surface area contributed by atoms with E-state index in [1.807, 2.05) is 19.1 Å². The van der Waals surface area contributed by atoms with Crippen LogP contribution in [0.3, 0.4) is 0 Å². The summed E-state index contributed by atoms with van der Waals surface area (Å²) in [5.74, 6) is -0.318. The number of carbonyl (C=O) groups is 2. The topological polar surface area (TPSA) is 88.0 Å². The summed E-state index contributed by atoms with van der Waals surface area (Å²) in [6.45, 7) is 1.95. The SMILES string of the molecule is Cc1ccc(C(=O)Oc2ccc(/C=N/NC(=O)c3ccc(O)cc3)cc2)cc1. The van der Waals surface area contributed by atoms with E-state index in [0.29, 0.717) is 16.9 Å². The van der Waals surface area contributed by atoms with Crippen molar-refractivity contribution < 1.29 is 19.4 Å². The van der Waals surface area contributed by atoms with Crippen molar-refractivity contribution >= 4 is 18.1 Å². The number of phenolic OH excluding ortho intramolecular Hbond substituents is 1. The number of hydrazone groups is 1. The predicted octanol–water partition coefficient (Wildman–Crippen LogP) is 3.68. The van der Waals surface area contributed by atoms with Crippen molar-refractivity contribution in [2.75, 3.05) is 0 Å². The molecular weight excluding hydrogens is 356 g/mol. The molecule has 2 N–H and O–H groups in total. The third-order valence-corrected chi connectivity index (χ3v) is 3.89. The van der Waals surface area contributed by atoms with Gasteiger partial charge in [-0.05, 0) is 73.2 Å². The lowest BCUT2D eigenvalue weighted by Crippen LogP contribution is -2.17. The maximum Gasteiger partial charge on any atom is 0.343 e. The zero-order valence-corrected chi connectivity index (χ0v) is 15.1. The first-order valence-electron chi connectivity index (χ1n) is 8.52. The standard InChI is InChI=1S/C22H18N2O4/c1-15-2-6-18(7-3-15)22(27)28-20-12-4-16(5-13-20)14-23-24-21(26)17-8-10-19(25)11-9-17/h2-14,25H,1H3,(H,24,26)/b23-14+. The van der Waals surface area contributed by atoms with E-state index in [4.69, 9.17) is 4.74 Å². The number of aromatic hydroxyl groups is 1. The summed E-state index contributed by atoms with van der Waals surface area (Å²) in [5.41, 5.74) is 5.06. The van der Waals surface area contributed by atoms with E-state index >= 15 is 0 Å². The molecule has 3 aromatic rings. The van der Waals surface area contributed by atoms with Crippen molar-refractivity contribution in [2.24, 2.45) is 5.10 Å². The van der Waals surface area contributed by atoms with Gasteiger partial charge in [0.05, 0.1) is 11.8 Å². The third kappa shape index (κ3) is 5.04. The lowest BCUT2D eigenvalue weighted by molar-refractivity contribution is 0.0734. The first-order chi connectivity index (χ1) is 13.5. The van der Waals surface area contributed by atoms with Crippen LogP contribution in [0.25, 0.3) is 0 Å². The van der Waals surface area contributed by atoms with Gasteiger partial charge in [0.15, 0.2) is 0 Å². The highest BCUT2D eigenvalue weighted by atomic mass is 16.5. The van der Waals surface area contributed by atoms with E-state index in [1.165, 1.54) is 30.5 Å². The predicted molar refractivity (Wildman–Crippen MR) is 106 cm³/mol. The van der Waals surface area contributed by atoms with Gasteiger partial charge in [-0.15, -0.1) is 0 Å². The number of benzene rings is 3. The molecule has 0 aromatic heterocycles. The average Bonchev–Trinajstić information content (AvgIpc) is 2.70. The first kappa shape index (κ1) is 18.8. The molecule has 1 amide bonds. The smallest absolute Gasteiger partial charge is 0.343 e. The van der Waals surface area contributed by atoms with Crippen LogP contribution in [0.5, 0.6) is 11.5 Å². The Morgan fingerprint density at radius 2 is 1.50 bits per heavy atom. The fourth-order valence-corrected chi connectivity index (χ4v) is 2.32. The van der Waals surface area contributed by atoms with Crippen LogP contribution in [0, 0.1) is 6.92 Å². The molecule has 0 aliphatic rings. The highest BCUT2D eigenvalue weighted by Gasteiger charge is 2.08. The number of esters is 1. The number of phenols is 1. The minimum atomic E-state index is -0.428. The van der Waals surface area contributed by atoms with Crippen LogP contribution in [0.15, 0.2) is 77.9 Å². The normalized spacial score (nSPS) is 10.6. The lowest BCUT2D eigenvalue weighted by Gasteiger charge is -2.05. The monoisotopic (exact) mass is 374 g/mol. The van der Waals surface area contributed by atoms with E-state index in [0.717, 1.165) is 11.1 Å². The molecule has 0 saturated heterocycles. The van der Waals surface area contributed by atoms with Gasteiger partial charge in [-0.2, -0.15) is 5.10 Å². The van der Waals surface area contributed by atoms with Crippen LogP contribution in [0.1, 0.15) is 31.8 Å². The number of hydrogen-bond donors (Lipinski definition) is 2. The molecule has 0 saturated carbocycles. The van der Waals surface area contributed by atoms with Gasteiger partial charge in [0.2, 0.25) is 0 Å². The van der Waals surface area contributed by atoms with E-state index in [9.17, 15) is 14.7 Å². The van der Waals surface area contributed by atoms with Gasteiger partial charge in [-0.1, -0.05) is 17.7 Å². The fourth-order valence-electron chi connectivity index (χ4n) is 2.32. The third-order valence-electron chi connectivity index (χ3n) is 3.89. The summed E-state index contributed by atoms with van der Waals surface area (Å²) in [5, 5.41) is 13.1. The van der Waals surface area contributed by atoms with E-state index in [2.05, 4.69) is 10.5 Å². The van der Waals surface area contributed by atoms with Gasteiger partial charge in [0, 0.05) is 5.56 Å². The second kappa shape index (κ2) is 8.64. The average molecular weight is 374 g/mol. The summed E-state index contributed by atoms with van der Waals surface area (Å²) in [6, 6.07) is 19.7. The largest absolute Gasteiger partial charge is 0.508 e. The molecule has 0 aliphatic carbocycles. The van der Waals surface area contributed by atoms with Gasteiger partial charge in [0.25, 0.3) is 5.91 Å². The minimum absolute atomic E-state index is 0.0863. The van der Waals surface area contributed by atoms with Crippen molar-refractivity contribution in [1.29, 1.82) is 0 Å². The number of rotatable bonds is 5. The Labute approximate surface area is 162 Å². The van der Waals surface area contributed by atoms with Crippen molar-refractivity contribution in [3.05, 3.63) is 95.1 Å². The van der Waals surface area contributed by atoms with E-state index in [1.54, 1.807) is 36.4 Å². The van der Waals surface area contributed by atoms with Crippen molar-refractivity contribution in [1.82, 2.24) is 5.43 Å². The van der Waals surface area contributed by atoms with Crippen LogP contribution in [-0.4, -0.2) is 23.2 Å². The summed E-state index contributed by atoms with van der Waals surface area (Å²) in [7, 11) is 0. The summed E-state index contributed by atoms with van der Waals surface area (Å²) in [6.07, 6.45) is 1.48. The molecule has 0 atom stereocenters. The number of amides is 1. The quantitative estimate of drug-likeness (QED) is 0.309. The molecule has 0 aliphatic heterocycles. The van der Waals surface area contributed by atoms with Crippen molar-refractivity contribution in [3.8, 4) is 11.5 Å². The van der Waals surface area contributed by atoms with Gasteiger partial charge in [-0.25, -0.2) is 10.2 Å². The summed E-state index contributed by atoms with van der Waals surface area (Å²) in [4.78, 5) is 24.0. The minimum Gasteiger partial charge on any atom is -0.508 e. The number of ether oxygens (including phenoxy) is 1. The molecule has 0 heterocycles. The van der Waals surface area contributed by atoms with Gasteiger partial charge >= 0.3 is 5.97 Å². The van der Waals surface area contributed by atoms with Crippen LogP contribution in [0.4, 0.5) is 0 Å². The van der Waals surface area contributed by atoms with Crippen molar-refractivity contribution in [3.63, 3.8) is 0 Å². The number of carbonyl (C=O) groups excluding carboxylic acids is 2. The number of nitrogens with one attached hydrogen (secondary N) is 1. The Bertz CT molecular complexity index is 992. The number of hydrogen-bond acceptors (Lipinski definition) is 5. The zero-order valence-electron chi connectivity index (χ0n) is 15.1. The Balaban J connectivity index is 1.55. The van der Waals surface area contributed by atoms with Gasteiger partial charge in [-0.3, -0.25) is 4.79 Å². The Morgan fingerprint density at radius 1 is 0.893 bits per heavy atom. The molecule has 0 fully saturated rings. The molecule has 0 spiro atoms. The number of aryl methyl sites for hydroxylation is 1. The van der Waals surface area contributed by atoms with E-state index in [-0.39, 0.29) is 11.7 Å². The molecule has 3 rings (SSSR count). The Hall–Kier alpha value is -3.93. The Morgan fingerprint density at radius 3 is 2.14 bits per heavy atom. The molecule has 3 aromatic carbocycles. The fraction of sp³-hybridized carbons (Fsp3) is 0.0455. The highest BCUT2D eigenvalue weighted by molar-refractivity contribution is 5.95. The molecular formula is C22H18N2O4. The van der Waals surface area contributed by atoms with Crippen LogP contribution in [-0.2, 0) is 0 Å². The van der Waals surface area contributed by atoms with Crippen LogP contribution < -0.4 is 10.2 Å². The summed E-state index contributed by atoms with van der Waals surface area (Å²) < 4.78 is 5.33. The highest BCUT2D eigenvalue weighted by Crippen LogP contribution is 2.14. The molecule has 0 bridgehead atoms. The molecule has 140 valence electrons. The zero-order chi connectivity index (χ0) is 19.9. The Kier molecular flexibility index (Phi) is 5.81. The van der Waals surface area contributed by atoms with Gasteiger partial charge in [0.1, 0.15) is 11.5 Å². The number of nitrogens with zero attached hydrogens (tertiary/aromatic N) is 1.